The molecule has 2 rings (SSSR count). The van der Waals surface area contributed by atoms with Crippen LogP contribution in [0.1, 0.15) is 25.3 Å². The van der Waals surface area contributed by atoms with E-state index >= 15 is 0 Å². The third-order valence-electron chi connectivity index (χ3n) is 4.25. The van der Waals surface area contributed by atoms with Crippen LogP contribution in [0.25, 0.3) is 0 Å². The van der Waals surface area contributed by atoms with Gasteiger partial charge in [0.25, 0.3) is 5.91 Å². The summed E-state index contributed by atoms with van der Waals surface area (Å²) in [5.41, 5.74) is 1.65. The lowest BCUT2D eigenvalue weighted by Gasteiger charge is -2.31. The van der Waals surface area contributed by atoms with Gasteiger partial charge in [0.05, 0.1) is 11.5 Å². The van der Waals surface area contributed by atoms with E-state index in [1.807, 2.05) is 0 Å². The highest BCUT2D eigenvalue weighted by Crippen LogP contribution is 2.30. The van der Waals surface area contributed by atoms with Crippen LogP contribution >= 0.6 is 0 Å². The zero-order valence-corrected chi connectivity index (χ0v) is 15.9. The molecule has 0 saturated carbocycles. The molecule has 25 heavy (non-hydrogen) atoms. The van der Waals surface area contributed by atoms with Gasteiger partial charge in [0.1, 0.15) is 6.10 Å². The fraction of sp³-hybridized carbons (Fsp3) is 0.500. The molecular formula is C18H26N2O4S. The number of aryl methyl sites for hydroxylation is 1. The van der Waals surface area contributed by atoms with E-state index in [4.69, 9.17) is 4.74 Å². The Hall–Kier alpha value is -1.70. The molecule has 138 valence electrons. The minimum absolute atomic E-state index is 0.103. The molecule has 0 aliphatic carbocycles. The second-order valence-electron chi connectivity index (χ2n) is 6.26. The normalized spacial score (nSPS) is 15.8. The Morgan fingerprint density at radius 2 is 2.16 bits per heavy atom. The molecule has 0 bridgehead atoms. The van der Waals surface area contributed by atoms with Crippen molar-refractivity contribution in [2.24, 2.45) is 0 Å². The van der Waals surface area contributed by atoms with Crippen LogP contribution in [-0.4, -0.2) is 52.0 Å². The molecule has 1 amide bonds. The summed E-state index contributed by atoms with van der Waals surface area (Å²) >= 11 is 0. The summed E-state index contributed by atoms with van der Waals surface area (Å²) in [6, 6.07) is 4.95. The molecule has 0 radical (unpaired) electrons. The van der Waals surface area contributed by atoms with E-state index in [1.54, 1.807) is 36.1 Å². The standard InChI is InChI=1S/C18H26N2O4S/c1-5-6-12-24-14(2)18(21)20-11-7-8-15-13-16(9-10-17(15)20)25(22,23)19(3)4/h5,9-10,13-14H,1,6-8,11-12H2,2-4H3. The van der Waals surface area contributed by atoms with Crippen molar-refractivity contribution in [3.63, 3.8) is 0 Å². The van der Waals surface area contributed by atoms with Crippen LogP contribution in [0, 0.1) is 0 Å². The van der Waals surface area contributed by atoms with Gasteiger partial charge in [-0.3, -0.25) is 4.79 Å². The van der Waals surface area contributed by atoms with Crippen molar-refractivity contribution in [2.45, 2.75) is 37.2 Å². The number of sulfonamides is 1. The van der Waals surface area contributed by atoms with Crippen molar-refractivity contribution in [1.82, 2.24) is 4.31 Å². The van der Waals surface area contributed by atoms with Crippen molar-refractivity contribution in [3.05, 3.63) is 36.4 Å². The molecule has 1 aromatic rings. The summed E-state index contributed by atoms with van der Waals surface area (Å²) in [5, 5.41) is 0. The predicted molar refractivity (Wildman–Crippen MR) is 98.2 cm³/mol. The molecule has 0 saturated heterocycles. The molecule has 7 heteroatoms. The Kier molecular flexibility index (Phi) is 6.37. The number of ether oxygens (including phenoxy) is 1. The van der Waals surface area contributed by atoms with Crippen molar-refractivity contribution < 1.29 is 17.9 Å². The lowest BCUT2D eigenvalue weighted by Crippen LogP contribution is -2.42. The quantitative estimate of drug-likeness (QED) is 0.548. The first-order valence-electron chi connectivity index (χ1n) is 8.38. The summed E-state index contributed by atoms with van der Waals surface area (Å²) in [6.45, 7) is 6.44. The Morgan fingerprint density at radius 1 is 1.44 bits per heavy atom. The van der Waals surface area contributed by atoms with E-state index in [1.165, 1.54) is 18.4 Å². The minimum Gasteiger partial charge on any atom is -0.368 e. The molecule has 1 atom stereocenters. The van der Waals surface area contributed by atoms with Gasteiger partial charge < -0.3 is 9.64 Å². The van der Waals surface area contributed by atoms with E-state index in [0.717, 1.165) is 24.1 Å². The summed E-state index contributed by atoms with van der Waals surface area (Å²) in [5.74, 6) is -0.103. The maximum absolute atomic E-state index is 12.7. The maximum atomic E-state index is 12.7. The highest BCUT2D eigenvalue weighted by molar-refractivity contribution is 7.89. The van der Waals surface area contributed by atoms with E-state index < -0.39 is 16.1 Å². The average Bonchev–Trinajstić information content (AvgIpc) is 2.60. The van der Waals surface area contributed by atoms with Gasteiger partial charge in [0, 0.05) is 26.3 Å². The molecule has 0 aromatic heterocycles. The number of hydrogen-bond donors (Lipinski definition) is 0. The highest BCUT2D eigenvalue weighted by Gasteiger charge is 2.28. The number of carbonyl (C=O) groups is 1. The van der Waals surface area contributed by atoms with Crippen molar-refractivity contribution in [3.8, 4) is 0 Å². The molecule has 1 heterocycles. The Morgan fingerprint density at radius 3 is 2.80 bits per heavy atom. The van der Waals surface area contributed by atoms with E-state index in [2.05, 4.69) is 6.58 Å². The summed E-state index contributed by atoms with van der Waals surface area (Å²) < 4.78 is 31.4. The number of fused-ring (bicyclic) bond motifs is 1. The number of carbonyl (C=O) groups excluding carboxylic acids is 1. The Bertz CT molecular complexity index is 743. The topological polar surface area (TPSA) is 66.9 Å². The molecule has 1 aliphatic heterocycles. The molecular weight excluding hydrogens is 340 g/mol. The van der Waals surface area contributed by atoms with Gasteiger partial charge in [0.15, 0.2) is 0 Å². The summed E-state index contributed by atoms with van der Waals surface area (Å²) in [6.07, 6.45) is 3.45. The fourth-order valence-corrected chi connectivity index (χ4v) is 3.75. The van der Waals surface area contributed by atoms with Gasteiger partial charge in [-0.2, -0.15) is 0 Å². The second-order valence-corrected chi connectivity index (χ2v) is 8.41. The molecule has 1 unspecified atom stereocenters. The number of nitrogens with zero attached hydrogens (tertiary/aromatic N) is 2. The smallest absolute Gasteiger partial charge is 0.255 e. The van der Waals surface area contributed by atoms with Crippen LogP contribution < -0.4 is 4.90 Å². The number of anilines is 1. The zero-order chi connectivity index (χ0) is 18.6. The van der Waals surface area contributed by atoms with Crippen molar-refractivity contribution in [1.29, 1.82) is 0 Å². The largest absolute Gasteiger partial charge is 0.368 e. The van der Waals surface area contributed by atoms with Gasteiger partial charge in [-0.15, -0.1) is 6.58 Å². The first-order chi connectivity index (χ1) is 11.8. The lowest BCUT2D eigenvalue weighted by molar-refractivity contribution is -0.129. The first kappa shape index (κ1) is 19.6. The number of rotatable bonds is 7. The molecule has 1 aromatic carbocycles. The number of benzene rings is 1. The molecule has 1 aliphatic rings. The SMILES string of the molecule is C=CCCOC(C)C(=O)N1CCCc2cc(S(=O)(=O)N(C)C)ccc21. The van der Waals surface area contributed by atoms with E-state index in [9.17, 15) is 13.2 Å². The van der Waals surface area contributed by atoms with Crippen LogP contribution in [0.15, 0.2) is 35.7 Å². The third-order valence-corrected chi connectivity index (χ3v) is 6.06. The highest BCUT2D eigenvalue weighted by atomic mass is 32.2. The van der Waals surface area contributed by atoms with Gasteiger partial charge >= 0.3 is 0 Å². The predicted octanol–water partition coefficient (Wildman–Crippen LogP) is 2.20. The van der Waals surface area contributed by atoms with Crippen LogP contribution in [-0.2, 0) is 26.0 Å². The third kappa shape index (κ3) is 4.29. The first-order valence-corrected chi connectivity index (χ1v) is 9.82. The van der Waals surface area contributed by atoms with Crippen LogP contribution in [0.4, 0.5) is 5.69 Å². The molecule has 6 nitrogen and oxygen atoms in total. The second kappa shape index (κ2) is 8.12. The molecule has 0 fully saturated rings. The maximum Gasteiger partial charge on any atom is 0.255 e. The van der Waals surface area contributed by atoms with Gasteiger partial charge in [0.2, 0.25) is 10.0 Å². The Labute approximate surface area is 150 Å². The molecule has 0 spiro atoms. The summed E-state index contributed by atoms with van der Waals surface area (Å²) in [7, 11) is -0.470. The zero-order valence-electron chi connectivity index (χ0n) is 15.1. The van der Waals surface area contributed by atoms with Crippen molar-refractivity contribution >= 4 is 21.6 Å². The monoisotopic (exact) mass is 366 g/mol. The fourth-order valence-electron chi connectivity index (χ4n) is 2.79. The number of amides is 1. The van der Waals surface area contributed by atoms with Crippen LogP contribution in [0.2, 0.25) is 0 Å². The summed E-state index contributed by atoms with van der Waals surface area (Å²) in [4.78, 5) is 14.6. The van der Waals surface area contributed by atoms with E-state index in [-0.39, 0.29) is 10.8 Å². The number of hydrogen-bond acceptors (Lipinski definition) is 4. The van der Waals surface area contributed by atoms with Gasteiger partial charge in [-0.05, 0) is 49.9 Å². The van der Waals surface area contributed by atoms with Gasteiger partial charge in [-0.25, -0.2) is 12.7 Å². The van der Waals surface area contributed by atoms with Crippen LogP contribution in [0.5, 0.6) is 0 Å². The van der Waals surface area contributed by atoms with Gasteiger partial charge in [-0.1, -0.05) is 6.08 Å². The van der Waals surface area contributed by atoms with Crippen LogP contribution in [0.3, 0.4) is 0 Å². The Balaban J connectivity index is 2.25. The lowest BCUT2D eigenvalue weighted by atomic mass is 10.0. The minimum atomic E-state index is -3.48. The average molecular weight is 366 g/mol. The van der Waals surface area contributed by atoms with E-state index in [0.29, 0.717) is 19.6 Å². The van der Waals surface area contributed by atoms with Crippen molar-refractivity contribution in [2.75, 3.05) is 32.1 Å². The molecule has 0 N–H and O–H groups in total.